The summed E-state index contributed by atoms with van der Waals surface area (Å²) >= 11 is 0. The minimum absolute atomic E-state index is 1.24. The van der Waals surface area contributed by atoms with E-state index in [0.29, 0.717) is 0 Å². The Balaban J connectivity index is 2.12. The number of benzene rings is 2. The maximum absolute atomic E-state index is 2.40. The molecular weight excluding hydrogens is 318 g/mol. The highest BCUT2D eigenvalue weighted by Crippen LogP contribution is 2.26. The van der Waals surface area contributed by atoms with Gasteiger partial charge in [0.1, 0.15) is 5.69 Å². The van der Waals surface area contributed by atoms with E-state index < -0.39 is 0 Å². The van der Waals surface area contributed by atoms with Crippen molar-refractivity contribution in [3.05, 3.63) is 83.3 Å². The van der Waals surface area contributed by atoms with Crippen molar-refractivity contribution < 1.29 is 9.25 Å². The lowest BCUT2D eigenvalue weighted by atomic mass is 10.0. The molecular formula is C23H25N3+2. The van der Waals surface area contributed by atoms with Crippen molar-refractivity contribution >= 4 is 10.9 Å². The number of aryl methyl sites for hydroxylation is 4. The van der Waals surface area contributed by atoms with Gasteiger partial charge in [0.2, 0.25) is 11.2 Å². The molecule has 0 unspecified atom stereocenters. The third-order valence-corrected chi connectivity index (χ3v) is 5.25. The zero-order valence-corrected chi connectivity index (χ0v) is 16.1. The molecule has 0 amide bonds. The fourth-order valence-electron chi connectivity index (χ4n) is 4.12. The Morgan fingerprint density at radius 3 is 2.35 bits per heavy atom. The summed E-state index contributed by atoms with van der Waals surface area (Å²) in [6.45, 7) is 8.82. The van der Waals surface area contributed by atoms with Crippen molar-refractivity contribution in [3.8, 4) is 11.4 Å². The van der Waals surface area contributed by atoms with Crippen molar-refractivity contribution in [2.45, 2.75) is 27.7 Å². The molecule has 0 aliphatic carbocycles. The lowest BCUT2D eigenvalue weighted by Gasteiger charge is -2.14. The predicted molar refractivity (Wildman–Crippen MR) is 105 cm³/mol. The molecule has 0 aliphatic rings. The molecule has 0 saturated heterocycles. The largest absolute Gasteiger partial charge is 0.219 e. The van der Waals surface area contributed by atoms with Gasteiger partial charge in [0, 0.05) is 36.1 Å². The first kappa shape index (κ1) is 16.5. The fourth-order valence-corrected chi connectivity index (χ4v) is 4.12. The summed E-state index contributed by atoms with van der Waals surface area (Å²) in [5.41, 5.74) is 8.87. The van der Waals surface area contributed by atoms with Crippen LogP contribution in [-0.4, -0.2) is 4.68 Å². The zero-order valence-electron chi connectivity index (χ0n) is 16.1. The highest BCUT2D eigenvalue weighted by atomic mass is 15.4. The SMILES string of the molecule is Cc1cc(C)c(-[n+]2c(C)ccc3ccccc32)c(C)c1-n1ccc[n+]1C. The van der Waals surface area contributed by atoms with Crippen LogP contribution < -0.4 is 9.25 Å². The topological polar surface area (TPSA) is 12.7 Å². The van der Waals surface area contributed by atoms with E-state index in [1.54, 1.807) is 0 Å². The Morgan fingerprint density at radius 1 is 0.846 bits per heavy atom. The van der Waals surface area contributed by atoms with E-state index in [4.69, 9.17) is 0 Å². The van der Waals surface area contributed by atoms with Gasteiger partial charge < -0.3 is 0 Å². The summed E-state index contributed by atoms with van der Waals surface area (Å²) in [5, 5.41) is 1.26. The van der Waals surface area contributed by atoms with Gasteiger partial charge in [0.05, 0.1) is 11.8 Å². The van der Waals surface area contributed by atoms with E-state index in [-0.39, 0.29) is 0 Å². The van der Waals surface area contributed by atoms with Crippen molar-refractivity contribution in [1.82, 2.24) is 4.68 Å². The van der Waals surface area contributed by atoms with Gasteiger partial charge in [-0.15, -0.1) is 9.36 Å². The second-order valence-electron chi connectivity index (χ2n) is 7.11. The van der Waals surface area contributed by atoms with Crippen LogP contribution in [0.25, 0.3) is 22.3 Å². The van der Waals surface area contributed by atoms with Crippen molar-refractivity contribution in [2.24, 2.45) is 7.05 Å². The Morgan fingerprint density at radius 2 is 1.62 bits per heavy atom. The van der Waals surface area contributed by atoms with E-state index >= 15 is 0 Å². The highest BCUT2D eigenvalue weighted by molar-refractivity contribution is 5.76. The van der Waals surface area contributed by atoms with E-state index in [0.717, 1.165) is 0 Å². The molecule has 0 atom stereocenters. The molecule has 0 bridgehead atoms. The molecule has 2 aromatic heterocycles. The molecule has 0 radical (unpaired) electrons. The molecule has 4 rings (SSSR count). The normalized spacial score (nSPS) is 11.3. The number of pyridine rings is 1. The Kier molecular flexibility index (Phi) is 3.87. The zero-order chi connectivity index (χ0) is 18.4. The molecule has 2 heterocycles. The maximum Gasteiger partial charge on any atom is 0.219 e. The second kappa shape index (κ2) is 6.10. The lowest BCUT2D eigenvalue weighted by molar-refractivity contribution is -0.744. The second-order valence-corrected chi connectivity index (χ2v) is 7.11. The summed E-state index contributed by atoms with van der Waals surface area (Å²) in [6.07, 6.45) is 4.20. The van der Waals surface area contributed by atoms with Gasteiger partial charge in [0.25, 0.3) is 0 Å². The smallest absolute Gasteiger partial charge is 0.157 e. The van der Waals surface area contributed by atoms with Crippen LogP contribution in [0.5, 0.6) is 0 Å². The number of aromatic nitrogens is 3. The van der Waals surface area contributed by atoms with Crippen molar-refractivity contribution in [1.29, 1.82) is 0 Å². The Labute approximate surface area is 154 Å². The van der Waals surface area contributed by atoms with Crippen LogP contribution in [0, 0.1) is 27.7 Å². The van der Waals surface area contributed by atoms with Gasteiger partial charge in [-0.05, 0) is 44.5 Å². The molecule has 0 N–H and O–H groups in total. The van der Waals surface area contributed by atoms with Gasteiger partial charge in [0.15, 0.2) is 18.9 Å². The van der Waals surface area contributed by atoms with Crippen LogP contribution in [0.3, 0.4) is 0 Å². The van der Waals surface area contributed by atoms with E-state index in [1.807, 2.05) is 0 Å². The molecule has 26 heavy (non-hydrogen) atoms. The number of para-hydroxylation sites is 1. The van der Waals surface area contributed by atoms with Crippen LogP contribution in [0.15, 0.2) is 60.9 Å². The minimum Gasteiger partial charge on any atom is -0.157 e. The molecule has 4 aromatic rings. The number of rotatable bonds is 2. The maximum atomic E-state index is 2.40. The highest BCUT2D eigenvalue weighted by Gasteiger charge is 2.25. The molecule has 0 saturated carbocycles. The van der Waals surface area contributed by atoms with Gasteiger partial charge in [-0.1, -0.05) is 12.1 Å². The molecule has 0 aliphatic heterocycles. The summed E-state index contributed by atoms with van der Waals surface area (Å²) < 4.78 is 6.73. The van der Waals surface area contributed by atoms with Gasteiger partial charge in [-0.3, -0.25) is 0 Å². The molecule has 2 aromatic carbocycles. The van der Waals surface area contributed by atoms with Gasteiger partial charge in [-0.2, -0.15) is 4.57 Å². The van der Waals surface area contributed by atoms with E-state index in [9.17, 15) is 0 Å². The van der Waals surface area contributed by atoms with Gasteiger partial charge in [-0.25, -0.2) is 0 Å². The first-order valence-electron chi connectivity index (χ1n) is 9.04. The third kappa shape index (κ3) is 2.43. The summed E-state index contributed by atoms with van der Waals surface area (Å²) in [5.74, 6) is 0. The molecule has 130 valence electrons. The van der Waals surface area contributed by atoms with Crippen molar-refractivity contribution in [3.63, 3.8) is 0 Å². The van der Waals surface area contributed by atoms with E-state index in [2.05, 4.69) is 110 Å². The first-order valence-corrected chi connectivity index (χ1v) is 9.04. The average Bonchev–Trinajstić information content (AvgIpc) is 3.02. The minimum atomic E-state index is 1.24. The molecule has 3 heteroatoms. The summed E-state index contributed by atoms with van der Waals surface area (Å²) in [6, 6.07) is 17.4. The number of nitrogens with zero attached hydrogens (tertiary/aromatic N) is 3. The van der Waals surface area contributed by atoms with Crippen LogP contribution in [0.2, 0.25) is 0 Å². The summed E-state index contributed by atoms with van der Waals surface area (Å²) in [7, 11) is 2.08. The average molecular weight is 343 g/mol. The molecule has 3 nitrogen and oxygen atoms in total. The van der Waals surface area contributed by atoms with Crippen LogP contribution >= 0.6 is 0 Å². The monoisotopic (exact) mass is 343 g/mol. The molecule has 0 fully saturated rings. The summed E-state index contributed by atoms with van der Waals surface area (Å²) in [4.78, 5) is 0. The Hall–Kier alpha value is -2.94. The quantitative estimate of drug-likeness (QED) is 0.489. The van der Waals surface area contributed by atoms with Crippen LogP contribution in [0.1, 0.15) is 22.4 Å². The van der Waals surface area contributed by atoms with Gasteiger partial charge >= 0.3 is 0 Å². The number of hydrogen-bond donors (Lipinski definition) is 0. The number of hydrogen-bond acceptors (Lipinski definition) is 0. The fraction of sp³-hybridized carbons (Fsp3) is 0.217. The van der Waals surface area contributed by atoms with E-state index in [1.165, 1.54) is 44.7 Å². The van der Waals surface area contributed by atoms with Crippen molar-refractivity contribution in [2.75, 3.05) is 0 Å². The first-order chi connectivity index (χ1) is 12.5. The van der Waals surface area contributed by atoms with Crippen LogP contribution in [-0.2, 0) is 7.05 Å². The lowest BCUT2D eigenvalue weighted by Crippen LogP contribution is -2.40. The molecule has 0 spiro atoms. The number of fused-ring (bicyclic) bond motifs is 1. The predicted octanol–water partition coefficient (Wildman–Crippen LogP) is 3.97. The Bertz CT molecular complexity index is 1140. The van der Waals surface area contributed by atoms with Crippen LogP contribution in [0.4, 0.5) is 0 Å². The standard InChI is InChI=1S/C23H25N3/c1-16-15-17(2)23(19(4)22(16)25-14-8-13-24(25)5)26-18(3)11-12-20-9-6-7-10-21(20)26/h6-15H,1-5H3/q+2. The third-order valence-electron chi connectivity index (χ3n) is 5.25.